The van der Waals surface area contributed by atoms with Crippen molar-refractivity contribution in [2.24, 2.45) is 0 Å². The van der Waals surface area contributed by atoms with Crippen LogP contribution in [0.5, 0.6) is 0 Å². The molecule has 0 fully saturated rings. The lowest BCUT2D eigenvalue weighted by atomic mass is 10.0. The Bertz CT molecular complexity index is 777. The first-order valence-electron chi connectivity index (χ1n) is 7.34. The van der Waals surface area contributed by atoms with E-state index >= 15 is 0 Å². The van der Waals surface area contributed by atoms with E-state index in [1.165, 1.54) is 17.0 Å². The first kappa shape index (κ1) is 16.6. The minimum Gasteiger partial charge on any atom is -0.320 e. The van der Waals surface area contributed by atoms with Crippen LogP contribution in [0.25, 0.3) is 0 Å². The van der Waals surface area contributed by atoms with Crippen LogP contribution in [0.4, 0.5) is 23.7 Å². The molecule has 3 nitrogen and oxygen atoms in total. The lowest BCUT2D eigenvalue weighted by Gasteiger charge is -2.29. The highest BCUT2D eigenvalue weighted by molar-refractivity contribution is 6.30. The normalized spacial score (nSPS) is 14.2. The van der Waals surface area contributed by atoms with E-state index in [1.54, 1.807) is 0 Å². The van der Waals surface area contributed by atoms with Crippen molar-refractivity contribution in [1.82, 2.24) is 4.90 Å². The highest BCUT2D eigenvalue weighted by Gasteiger charge is 2.34. The van der Waals surface area contributed by atoms with E-state index in [4.69, 9.17) is 11.6 Å². The Hall–Kier alpha value is -2.21. The van der Waals surface area contributed by atoms with E-state index in [0.29, 0.717) is 19.5 Å². The summed E-state index contributed by atoms with van der Waals surface area (Å²) in [5.74, 6) is 0. The van der Waals surface area contributed by atoms with Crippen molar-refractivity contribution in [3.05, 3.63) is 64.2 Å². The molecule has 1 aliphatic rings. The number of nitrogens with zero attached hydrogens (tertiary/aromatic N) is 1. The van der Waals surface area contributed by atoms with Gasteiger partial charge < -0.3 is 10.2 Å². The summed E-state index contributed by atoms with van der Waals surface area (Å²) in [7, 11) is 0. The van der Waals surface area contributed by atoms with Crippen LogP contribution in [0.15, 0.2) is 42.5 Å². The van der Waals surface area contributed by atoms with Crippen LogP contribution in [0.3, 0.4) is 0 Å². The summed E-state index contributed by atoms with van der Waals surface area (Å²) in [6.07, 6.45) is -3.92. The van der Waals surface area contributed by atoms with E-state index in [1.807, 2.05) is 24.3 Å². The zero-order valence-corrected chi connectivity index (χ0v) is 13.3. The van der Waals surface area contributed by atoms with Gasteiger partial charge in [0.25, 0.3) is 0 Å². The van der Waals surface area contributed by atoms with Crippen LogP contribution in [0.1, 0.15) is 16.7 Å². The molecule has 0 unspecified atom stereocenters. The van der Waals surface area contributed by atoms with E-state index < -0.39 is 17.8 Å². The molecule has 0 aromatic heterocycles. The predicted molar refractivity (Wildman–Crippen MR) is 86.0 cm³/mol. The van der Waals surface area contributed by atoms with Gasteiger partial charge in [0, 0.05) is 18.1 Å². The molecule has 0 saturated heterocycles. The van der Waals surface area contributed by atoms with Crippen molar-refractivity contribution >= 4 is 23.3 Å². The molecule has 0 atom stereocenters. The van der Waals surface area contributed by atoms with Crippen LogP contribution >= 0.6 is 11.6 Å². The number of halogens is 4. The number of urea groups is 1. The zero-order valence-electron chi connectivity index (χ0n) is 12.5. The summed E-state index contributed by atoms with van der Waals surface area (Å²) in [4.78, 5) is 13.9. The fourth-order valence-electron chi connectivity index (χ4n) is 2.72. The summed E-state index contributed by atoms with van der Waals surface area (Å²) < 4.78 is 39.3. The maximum absolute atomic E-state index is 13.1. The van der Waals surface area contributed by atoms with Crippen LogP contribution in [-0.4, -0.2) is 17.5 Å². The van der Waals surface area contributed by atoms with Gasteiger partial charge in [-0.2, -0.15) is 13.2 Å². The van der Waals surface area contributed by atoms with E-state index in [2.05, 4.69) is 5.32 Å². The number of carbonyl (C=O) groups excluding carboxylic acids is 1. The second-order valence-electron chi connectivity index (χ2n) is 5.56. The standard InChI is InChI=1S/C17H14ClF3N2O/c18-13-5-6-15(14(9-13)17(19,20)21)22-16(24)23-8-7-11-3-1-2-4-12(11)10-23/h1-6,9H,7-8,10H2,(H,22,24). The highest BCUT2D eigenvalue weighted by atomic mass is 35.5. The van der Waals surface area contributed by atoms with Crippen LogP contribution < -0.4 is 5.32 Å². The molecule has 0 spiro atoms. The topological polar surface area (TPSA) is 32.3 Å². The van der Waals surface area contributed by atoms with Gasteiger partial charge in [-0.1, -0.05) is 35.9 Å². The highest BCUT2D eigenvalue weighted by Crippen LogP contribution is 2.36. The van der Waals surface area contributed by atoms with Crippen LogP contribution in [0, 0.1) is 0 Å². The van der Waals surface area contributed by atoms with Crippen molar-refractivity contribution in [2.45, 2.75) is 19.1 Å². The largest absolute Gasteiger partial charge is 0.418 e. The second kappa shape index (κ2) is 6.36. The minimum atomic E-state index is -4.60. The van der Waals surface area contributed by atoms with Gasteiger partial charge in [-0.05, 0) is 35.7 Å². The number of carbonyl (C=O) groups is 1. The van der Waals surface area contributed by atoms with Crippen molar-refractivity contribution < 1.29 is 18.0 Å². The van der Waals surface area contributed by atoms with Gasteiger partial charge in [0.15, 0.2) is 0 Å². The molecule has 0 saturated carbocycles. The Morgan fingerprint density at radius 2 is 1.83 bits per heavy atom. The van der Waals surface area contributed by atoms with Gasteiger partial charge in [-0.3, -0.25) is 0 Å². The number of rotatable bonds is 1. The molecule has 1 N–H and O–H groups in total. The molecule has 2 amide bonds. The maximum Gasteiger partial charge on any atom is 0.418 e. The lowest BCUT2D eigenvalue weighted by molar-refractivity contribution is -0.136. The Kier molecular flexibility index (Phi) is 4.41. The third-order valence-corrected chi connectivity index (χ3v) is 4.18. The van der Waals surface area contributed by atoms with Gasteiger partial charge in [0.05, 0.1) is 11.3 Å². The van der Waals surface area contributed by atoms with E-state index in [0.717, 1.165) is 17.2 Å². The lowest BCUT2D eigenvalue weighted by Crippen LogP contribution is -2.39. The number of nitrogens with one attached hydrogen (secondary N) is 1. The number of fused-ring (bicyclic) bond motifs is 1. The first-order valence-corrected chi connectivity index (χ1v) is 7.72. The Balaban J connectivity index is 1.79. The first-order chi connectivity index (χ1) is 11.3. The summed E-state index contributed by atoms with van der Waals surface area (Å²) in [6.45, 7) is 0.828. The van der Waals surface area contributed by atoms with E-state index in [-0.39, 0.29) is 10.7 Å². The maximum atomic E-state index is 13.1. The number of hydrogen-bond acceptors (Lipinski definition) is 1. The number of benzene rings is 2. The fraction of sp³-hybridized carbons (Fsp3) is 0.235. The van der Waals surface area contributed by atoms with Gasteiger partial charge in [0.2, 0.25) is 0 Å². The molecule has 0 aliphatic carbocycles. The third-order valence-electron chi connectivity index (χ3n) is 3.95. The fourth-order valence-corrected chi connectivity index (χ4v) is 2.90. The quantitative estimate of drug-likeness (QED) is 0.772. The smallest absolute Gasteiger partial charge is 0.320 e. The predicted octanol–water partition coefficient (Wildman–Crippen LogP) is 4.95. The molecular weight excluding hydrogens is 341 g/mol. The molecule has 1 heterocycles. The third kappa shape index (κ3) is 3.48. The van der Waals surface area contributed by atoms with Crippen molar-refractivity contribution in [1.29, 1.82) is 0 Å². The SMILES string of the molecule is O=C(Nc1ccc(Cl)cc1C(F)(F)F)N1CCc2ccccc2C1. The van der Waals surface area contributed by atoms with Gasteiger partial charge >= 0.3 is 12.2 Å². The summed E-state index contributed by atoms with van der Waals surface area (Å²) in [5.41, 5.74) is 0.909. The summed E-state index contributed by atoms with van der Waals surface area (Å²) >= 11 is 5.64. The molecule has 24 heavy (non-hydrogen) atoms. The summed E-state index contributed by atoms with van der Waals surface area (Å²) in [6, 6.07) is 10.4. The average molecular weight is 355 g/mol. The molecule has 7 heteroatoms. The monoisotopic (exact) mass is 354 g/mol. The van der Waals surface area contributed by atoms with Crippen molar-refractivity contribution in [3.8, 4) is 0 Å². The average Bonchev–Trinajstić information content (AvgIpc) is 2.55. The van der Waals surface area contributed by atoms with Crippen molar-refractivity contribution in [2.75, 3.05) is 11.9 Å². The number of anilines is 1. The summed E-state index contributed by atoms with van der Waals surface area (Å²) in [5, 5.41) is 2.32. The van der Waals surface area contributed by atoms with Gasteiger partial charge in [-0.25, -0.2) is 4.79 Å². The molecule has 0 radical (unpaired) electrons. The number of alkyl halides is 3. The molecular formula is C17H14ClF3N2O. The minimum absolute atomic E-state index is 0.0350. The molecule has 2 aromatic carbocycles. The zero-order chi connectivity index (χ0) is 17.3. The molecule has 0 bridgehead atoms. The number of hydrogen-bond donors (Lipinski definition) is 1. The van der Waals surface area contributed by atoms with Crippen LogP contribution in [-0.2, 0) is 19.1 Å². The van der Waals surface area contributed by atoms with Crippen LogP contribution in [0.2, 0.25) is 5.02 Å². The molecule has 1 aliphatic heterocycles. The van der Waals surface area contributed by atoms with Gasteiger partial charge in [-0.15, -0.1) is 0 Å². The molecule has 2 aromatic rings. The van der Waals surface area contributed by atoms with E-state index in [9.17, 15) is 18.0 Å². The number of amides is 2. The second-order valence-corrected chi connectivity index (χ2v) is 5.99. The van der Waals surface area contributed by atoms with Gasteiger partial charge in [0.1, 0.15) is 0 Å². The Labute approximate surface area is 142 Å². The molecule has 3 rings (SSSR count). The Morgan fingerprint density at radius 3 is 2.54 bits per heavy atom. The molecule has 126 valence electrons. The Morgan fingerprint density at radius 1 is 1.12 bits per heavy atom. The van der Waals surface area contributed by atoms with Crippen molar-refractivity contribution in [3.63, 3.8) is 0 Å².